The number of hydrogen-bond donors (Lipinski definition) is 2. The number of ether oxygens (including phenoxy) is 1. The van der Waals surface area contributed by atoms with Gasteiger partial charge in [0.25, 0.3) is 5.56 Å². The molecule has 0 amide bonds. The summed E-state index contributed by atoms with van der Waals surface area (Å²) in [4.78, 5) is 24.0. The maximum absolute atomic E-state index is 12.3. The molecule has 8 heteroatoms. The monoisotopic (exact) mass is 386 g/mol. The van der Waals surface area contributed by atoms with Crippen LogP contribution >= 0.6 is 0 Å². The highest BCUT2D eigenvalue weighted by atomic mass is 16.5. The minimum atomic E-state index is -0.483. The lowest BCUT2D eigenvalue weighted by Gasteiger charge is -2.09. The highest BCUT2D eigenvalue weighted by Crippen LogP contribution is 2.22. The Hall–Kier alpha value is -4.12. The number of H-pyrrole nitrogens is 1. The lowest BCUT2D eigenvalue weighted by atomic mass is 10.1. The summed E-state index contributed by atoms with van der Waals surface area (Å²) < 4.78 is 7.11. The van der Waals surface area contributed by atoms with Crippen LogP contribution < -0.4 is 15.6 Å². The van der Waals surface area contributed by atoms with Gasteiger partial charge in [-0.15, -0.1) is 0 Å². The molecule has 0 radical (unpaired) electrons. The van der Waals surface area contributed by atoms with Gasteiger partial charge in [0, 0.05) is 30.9 Å². The zero-order valence-electron chi connectivity index (χ0n) is 15.7. The zero-order chi connectivity index (χ0) is 20.2. The van der Waals surface area contributed by atoms with Gasteiger partial charge in [-0.1, -0.05) is 6.07 Å². The van der Waals surface area contributed by atoms with Crippen LogP contribution in [0.25, 0.3) is 16.9 Å². The summed E-state index contributed by atoms with van der Waals surface area (Å²) in [5.74, 6) is 0.992. The molecule has 0 atom stereocenters. The molecule has 1 aromatic carbocycles. The van der Waals surface area contributed by atoms with Crippen LogP contribution in [0.3, 0.4) is 0 Å². The van der Waals surface area contributed by atoms with Gasteiger partial charge in [0.15, 0.2) is 0 Å². The molecule has 0 spiro atoms. The Labute approximate surface area is 166 Å². The SMILES string of the molecule is COc1ccc(-c2nc(NCCc3cn4ccccc4n3)[nH]c(=O)c2C#N)cc1. The molecule has 0 aliphatic rings. The van der Waals surface area contributed by atoms with Gasteiger partial charge in [-0.3, -0.25) is 9.78 Å². The maximum atomic E-state index is 12.3. The van der Waals surface area contributed by atoms with E-state index >= 15 is 0 Å². The van der Waals surface area contributed by atoms with Crippen LogP contribution in [0.2, 0.25) is 0 Å². The van der Waals surface area contributed by atoms with Gasteiger partial charge in [0.1, 0.15) is 23.0 Å². The van der Waals surface area contributed by atoms with E-state index in [0.29, 0.717) is 35.9 Å². The predicted octanol–water partition coefficient (Wildman–Crippen LogP) is 2.62. The fourth-order valence-corrected chi connectivity index (χ4v) is 3.04. The van der Waals surface area contributed by atoms with Gasteiger partial charge in [-0.25, -0.2) is 9.97 Å². The van der Waals surface area contributed by atoms with Gasteiger partial charge in [-0.2, -0.15) is 5.26 Å². The van der Waals surface area contributed by atoms with E-state index in [4.69, 9.17) is 4.74 Å². The van der Waals surface area contributed by atoms with Crippen LogP contribution in [-0.2, 0) is 6.42 Å². The molecule has 3 heterocycles. The van der Waals surface area contributed by atoms with Crippen molar-refractivity contribution in [3.63, 3.8) is 0 Å². The van der Waals surface area contributed by atoms with E-state index in [2.05, 4.69) is 20.3 Å². The molecule has 2 N–H and O–H groups in total. The summed E-state index contributed by atoms with van der Waals surface area (Å²) in [6.07, 6.45) is 4.57. The molecule has 4 aromatic rings. The van der Waals surface area contributed by atoms with Crippen molar-refractivity contribution in [3.05, 3.63) is 76.5 Å². The van der Waals surface area contributed by atoms with Crippen LogP contribution in [0.5, 0.6) is 5.75 Å². The van der Waals surface area contributed by atoms with E-state index in [-0.39, 0.29) is 5.56 Å². The molecule has 0 aliphatic heterocycles. The van der Waals surface area contributed by atoms with Gasteiger partial charge < -0.3 is 14.5 Å². The van der Waals surface area contributed by atoms with Crippen LogP contribution in [0.4, 0.5) is 5.95 Å². The molecule has 0 bridgehead atoms. The van der Waals surface area contributed by atoms with Crippen molar-refractivity contribution >= 4 is 11.6 Å². The summed E-state index contributed by atoms with van der Waals surface area (Å²) >= 11 is 0. The third-order valence-corrected chi connectivity index (χ3v) is 4.48. The van der Waals surface area contributed by atoms with Crippen molar-refractivity contribution in [2.75, 3.05) is 19.0 Å². The van der Waals surface area contributed by atoms with E-state index in [1.807, 2.05) is 41.1 Å². The number of nitriles is 1. The Bertz CT molecular complexity index is 1220. The van der Waals surface area contributed by atoms with Crippen LogP contribution in [-0.4, -0.2) is 33.0 Å². The lowest BCUT2D eigenvalue weighted by Crippen LogP contribution is -2.18. The second-order valence-corrected chi connectivity index (χ2v) is 6.35. The van der Waals surface area contributed by atoms with Gasteiger partial charge >= 0.3 is 0 Å². The Kier molecular flexibility index (Phi) is 4.95. The molecule has 4 rings (SSSR count). The largest absolute Gasteiger partial charge is 0.497 e. The average Bonchev–Trinajstić information content (AvgIpc) is 3.16. The van der Waals surface area contributed by atoms with Crippen LogP contribution in [0.1, 0.15) is 11.3 Å². The first-order chi connectivity index (χ1) is 14.2. The number of aromatic nitrogens is 4. The summed E-state index contributed by atoms with van der Waals surface area (Å²) in [7, 11) is 1.58. The molecule has 0 aliphatic carbocycles. The number of imidazole rings is 1. The number of fused-ring (bicyclic) bond motifs is 1. The molecule has 0 fully saturated rings. The number of aromatic amines is 1. The summed E-state index contributed by atoms with van der Waals surface area (Å²) in [6.45, 7) is 0.529. The Balaban J connectivity index is 1.55. The fourth-order valence-electron chi connectivity index (χ4n) is 3.04. The molecule has 0 saturated heterocycles. The van der Waals surface area contributed by atoms with Gasteiger partial charge in [0.05, 0.1) is 18.5 Å². The highest BCUT2D eigenvalue weighted by molar-refractivity contribution is 5.67. The Morgan fingerprint density at radius 2 is 2.03 bits per heavy atom. The summed E-state index contributed by atoms with van der Waals surface area (Å²) in [5.41, 5.74) is 2.29. The summed E-state index contributed by atoms with van der Waals surface area (Å²) in [5, 5.41) is 12.5. The van der Waals surface area contributed by atoms with Crippen molar-refractivity contribution in [2.24, 2.45) is 0 Å². The predicted molar refractivity (Wildman–Crippen MR) is 109 cm³/mol. The molecule has 0 unspecified atom stereocenters. The smallest absolute Gasteiger partial charge is 0.270 e. The number of nitrogens with one attached hydrogen (secondary N) is 2. The standard InChI is InChI=1S/C21H18N6O2/c1-29-16-7-5-14(6-8-16)19-17(12-22)20(28)26-21(25-19)23-10-9-15-13-27-11-3-2-4-18(27)24-15/h2-8,11,13H,9-10H2,1H3,(H2,23,25,26,28). The van der Waals surface area contributed by atoms with E-state index < -0.39 is 5.56 Å². The second-order valence-electron chi connectivity index (χ2n) is 6.35. The Morgan fingerprint density at radius 1 is 1.21 bits per heavy atom. The fraction of sp³-hybridized carbons (Fsp3) is 0.143. The summed E-state index contributed by atoms with van der Waals surface area (Å²) in [6, 6.07) is 14.8. The van der Waals surface area contributed by atoms with Gasteiger partial charge in [0.2, 0.25) is 5.95 Å². The highest BCUT2D eigenvalue weighted by Gasteiger charge is 2.13. The maximum Gasteiger partial charge on any atom is 0.270 e. The van der Waals surface area contributed by atoms with E-state index in [1.54, 1.807) is 31.4 Å². The number of pyridine rings is 1. The van der Waals surface area contributed by atoms with Gasteiger partial charge in [-0.05, 0) is 36.4 Å². The quantitative estimate of drug-likeness (QED) is 0.527. The Morgan fingerprint density at radius 3 is 2.76 bits per heavy atom. The van der Waals surface area contributed by atoms with E-state index in [0.717, 1.165) is 11.3 Å². The molecule has 0 saturated carbocycles. The minimum absolute atomic E-state index is 0.0268. The minimum Gasteiger partial charge on any atom is -0.497 e. The first kappa shape index (κ1) is 18.3. The van der Waals surface area contributed by atoms with Crippen molar-refractivity contribution < 1.29 is 4.74 Å². The number of rotatable bonds is 6. The third-order valence-electron chi connectivity index (χ3n) is 4.48. The molecular formula is C21H18N6O2. The molecule has 29 heavy (non-hydrogen) atoms. The first-order valence-electron chi connectivity index (χ1n) is 9.03. The van der Waals surface area contributed by atoms with Crippen molar-refractivity contribution in [1.29, 1.82) is 5.26 Å². The number of hydrogen-bond acceptors (Lipinski definition) is 6. The average molecular weight is 386 g/mol. The second kappa shape index (κ2) is 7.86. The lowest BCUT2D eigenvalue weighted by molar-refractivity contribution is 0.415. The molecule has 144 valence electrons. The number of methoxy groups -OCH3 is 1. The molecular weight excluding hydrogens is 368 g/mol. The van der Waals surface area contributed by atoms with E-state index in [1.165, 1.54) is 0 Å². The molecule has 8 nitrogen and oxygen atoms in total. The number of anilines is 1. The van der Waals surface area contributed by atoms with Crippen LogP contribution in [0.15, 0.2) is 59.7 Å². The first-order valence-corrected chi connectivity index (χ1v) is 9.03. The topological polar surface area (TPSA) is 108 Å². The van der Waals surface area contributed by atoms with E-state index in [9.17, 15) is 10.1 Å². The normalized spacial score (nSPS) is 10.6. The number of nitrogens with zero attached hydrogens (tertiary/aromatic N) is 4. The molecule has 3 aromatic heterocycles. The van der Waals surface area contributed by atoms with Crippen molar-refractivity contribution in [3.8, 4) is 23.1 Å². The third kappa shape index (κ3) is 3.80. The van der Waals surface area contributed by atoms with Crippen LogP contribution in [0, 0.1) is 11.3 Å². The van der Waals surface area contributed by atoms with Crippen molar-refractivity contribution in [1.82, 2.24) is 19.4 Å². The number of benzene rings is 1. The van der Waals surface area contributed by atoms with Crippen molar-refractivity contribution in [2.45, 2.75) is 6.42 Å². The zero-order valence-corrected chi connectivity index (χ0v) is 15.7.